The minimum Gasteiger partial charge on any atom is -0.394 e. The maximum atomic E-state index is 11.1. The summed E-state index contributed by atoms with van der Waals surface area (Å²) in [4.78, 5) is 12.6. The lowest BCUT2D eigenvalue weighted by atomic mass is 10.1. The SMILES string of the molecule is O=[N+]([O-])c1cc(I)ccc1N1CCOCC1CO. The number of aliphatic hydroxyl groups is 1. The van der Waals surface area contributed by atoms with Gasteiger partial charge in [-0.2, -0.15) is 0 Å². The van der Waals surface area contributed by atoms with Crippen LogP contribution in [0.15, 0.2) is 18.2 Å². The average Bonchev–Trinajstić information content (AvgIpc) is 2.38. The number of anilines is 1. The van der Waals surface area contributed by atoms with Crippen molar-refractivity contribution in [2.75, 3.05) is 31.3 Å². The predicted molar refractivity (Wildman–Crippen MR) is 74.9 cm³/mol. The van der Waals surface area contributed by atoms with Crippen molar-refractivity contribution in [3.8, 4) is 0 Å². The van der Waals surface area contributed by atoms with Gasteiger partial charge in [0.15, 0.2) is 0 Å². The van der Waals surface area contributed by atoms with Crippen molar-refractivity contribution in [1.29, 1.82) is 0 Å². The van der Waals surface area contributed by atoms with E-state index in [9.17, 15) is 15.2 Å². The second-order valence-electron chi connectivity index (χ2n) is 3.99. The first-order valence-electron chi connectivity index (χ1n) is 5.52. The molecule has 0 amide bonds. The molecule has 1 heterocycles. The maximum Gasteiger partial charge on any atom is 0.293 e. The molecule has 1 unspecified atom stereocenters. The van der Waals surface area contributed by atoms with Crippen LogP contribution in [-0.2, 0) is 4.74 Å². The number of nitro benzene ring substituents is 1. The van der Waals surface area contributed by atoms with Crippen LogP contribution in [0.2, 0.25) is 0 Å². The summed E-state index contributed by atoms with van der Waals surface area (Å²) >= 11 is 2.04. The van der Waals surface area contributed by atoms with E-state index in [1.165, 1.54) is 0 Å². The molecule has 1 aromatic rings. The van der Waals surface area contributed by atoms with Crippen molar-refractivity contribution in [1.82, 2.24) is 0 Å². The zero-order valence-corrected chi connectivity index (χ0v) is 11.7. The fourth-order valence-electron chi connectivity index (χ4n) is 2.01. The topological polar surface area (TPSA) is 75.8 Å². The molecule has 0 aliphatic carbocycles. The summed E-state index contributed by atoms with van der Waals surface area (Å²) in [6, 6.07) is 4.87. The lowest BCUT2D eigenvalue weighted by Gasteiger charge is -2.35. The fourth-order valence-corrected chi connectivity index (χ4v) is 2.48. The molecule has 7 heteroatoms. The Morgan fingerprint density at radius 1 is 1.61 bits per heavy atom. The van der Waals surface area contributed by atoms with Gasteiger partial charge < -0.3 is 14.7 Å². The van der Waals surface area contributed by atoms with Gasteiger partial charge in [0.25, 0.3) is 5.69 Å². The third-order valence-electron chi connectivity index (χ3n) is 2.88. The van der Waals surface area contributed by atoms with Crippen molar-refractivity contribution in [3.63, 3.8) is 0 Å². The van der Waals surface area contributed by atoms with E-state index in [0.29, 0.717) is 25.4 Å². The zero-order valence-electron chi connectivity index (χ0n) is 9.58. The summed E-state index contributed by atoms with van der Waals surface area (Å²) in [5.41, 5.74) is 0.616. The molecule has 18 heavy (non-hydrogen) atoms. The van der Waals surface area contributed by atoms with E-state index in [1.54, 1.807) is 12.1 Å². The van der Waals surface area contributed by atoms with Crippen LogP contribution in [0.4, 0.5) is 11.4 Å². The van der Waals surface area contributed by atoms with Crippen molar-refractivity contribution < 1.29 is 14.8 Å². The average molecular weight is 364 g/mol. The van der Waals surface area contributed by atoms with E-state index in [1.807, 2.05) is 33.6 Å². The normalized spacial score (nSPS) is 19.9. The van der Waals surface area contributed by atoms with Gasteiger partial charge in [0.1, 0.15) is 5.69 Å². The quantitative estimate of drug-likeness (QED) is 0.499. The Morgan fingerprint density at radius 2 is 2.39 bits per heavy atom. The van der Waals surface area contributed by atoms with Crippen LogP contribution in [0, 0.1) is 13.7 Å². The molecule has 1 N–H and O–H groups in total. The number of nitro groups is 1. The van der Waals surface area contributed by atoms with Crippen LogP contribution in [0.25, 0.3) is 0 Å². The minimum absolute atomic E-state index is 0.0715. The van der Waals surface area contributed by atoms with Gasteiger partial charge in [0, 0.05) is 16.2 Å². The number of aliphatic hydroxyl groups excluding tert-OH is 1. The number of benzene rings is 1. The molecule has 0 spiro atoms. The van der Waals surface area contributed by atoms with Crippen molar-refractivity contribution in [3.05, 3.63) is 31.9 Å². The smallest absolute Gasteiger partial charge is 0.293 e. The third-order valence-corrected chi connectivity index (χ3v) is 3.55. The van der Waals surface area contributed by atoms with Gasteiger partial charge in [-0.15, -0.1) is 0 Å². The molecule has 98 valence electrons. The minimum atomic E-state index is -0.388. The maximum absolute atomic E-state index is 11.1. The van der Waals surface area contributed by atoms with Crippen molar-refractivity contribution >= 4 is 34.0 Å². The molecule has 0 radical (unpaired) electrons. The molecule has 1 atom stereocenters. The number of hydrogen-bond acceptors (Lipinski definition) is 5. The van der Waals surface area contributed by atoms with Crippen molar-refractivity contribution in [2.24, 2.45) is 0 Å². The second-order valence-corrected chi connectivity index (χ2v) is 5.24. The van der Waals surface area contributed by atoms with Gasteiger partial charge in [-0.25, -0.2) is 0 Å². The van der Waals surface area contributed by atoms with Gasteiger partial charge in [-0.05, 0) is 34.7 Å². The number of rotatable bonds is 3. The Hall–Kier alpha value is -0.930. The molecular weight excluding hydrogens is 351 g/mol. The number of ether oxygens (including phenoxy) is 1. The summed E-state index contributed by atoms with van der Waals surface area (Å²) in [5.74, 6) is 0. The summed E-state index contributed by atoms with van der Waals surface area (Å²) in [6.45, 7) is 1.37. The molecule has 1 aromatic carbocycles. The first kappa shape index (κ1) is 13.5. The van der Waals surface area contributed by atoms with E-state index in [2.05, 4.69) is 0 Å². The Kier molecular flexibility index (Phi) is 4.36. The second kappa shape index (κ2) is 5.81. The number of morpholine rings is 1. The summed E-state index contributed by atoms with van der Waals surface area (Å²) < 4.78 is 6.09. The number of hydrogen-bond donors (Lipinski definition) is 1. The predicted octanol–water partition coefficient (Wildman–Crippen LogP) is 1.40. The van der Waals surface area contributed by atoms with Crippen LogP contribution in [0.1, 0.15) is 0 Å². The Bertz CT molecular complexity index is 455. The molecule has 0 bridgehead atoms. The highest BCUT2D eigenvalue weighted by atomic mass is 127. The summed E-state index contributed by atoms with van der Waals surface area (Å²) in [6.07, 6.45) is 0. The van der Waals surface area contributed by atoms with Crippen LogP contribution in [-0.4, -0.2) is 42.4 Å². The van der Waals surface area contributed by atoms with E-state index < -0.39 is 0 Å². The fraction of sp³-hybridized carbons (Fsp3) is 0.455. The van der Waals surface area contributed by atoms with Gasteiger partial charge in [0.2, 0.25) is 0 Å². The Morgan fingerprint density at radius 3 is 3.06 bits per heavy atom. The molecule has 1 aliphatic heterocycles. The van der Waals surface area contributed by atoms with Gasteiger partial charge in [0.05, 0.1) is 30.8 Å². The van der Waals surface area contributed by atoms with Gasteiger partial charge >= 0.3 is 0 Å². The highest BCUT2D eigenvalue weighted by molar-refractivity contribution is 14.1. The van der Waals surface area contributed by atoms with Crippen LogP contribution < -0.4 is 4.90 Å². The molecule has 2 rings (SSSR count). The third kappa shape index (κ3) is 2.73. The largest absolute Gasteiger partial charge is 0.394 e. The monoisotopic (exact) mass is 364 g/mol. The lowest BCUT2D eigenvalue weighted by molar-refractivity contribution is -0.384. The highest BCUT2D eigenvalue weighted by Gasteiger charge is 2.28. The zero-order chi connectivity index (χ0) is 13.1. The molecule has 1 aliphatic rings. The highest BCUT2D eigenvalue weighted by Crippen LogP contribution is 2.31. The number of halogens is 1. The molecule has 1 fully saturated rings. The lowest BCUT2D eigenvalue weighted by Crippen LogP contribution is -2.47. The Labute approximate surface area is 118 Å². The Balaban J connectivity index is 2.39. The standard InChI is InChI=1S/C11H13IN2O4/c12-8-1-2-10(11(5-8)14(16)17)13-3-4-18-7-9(13)6-15/h1-2,5,9,15H,3-4,6-7H2. The number of nitrogens with zero attached hydrogens (tertiary/aromatic N) is 2. The van der Waals surface area contributed by atoms with Crippen molar-refractivity contribution in [2.45, 2.75) is 6.04 Å². The molecule has 0 aromatic heterocycles. The summed E-state index contributed by atoms with van der Waals surface area (Å²) in [5, 5.41) is 20.4. The first-order valence-corrected chi connectivity index (χ1v) is 6.60. The van der Waals surface area contributed by atoms with E-state index in [4.69, 9.17) is 4.74 Å². The van der Waals surface area contributed by atoms with Gasteiger partial charge in [-0.1, -0.05) is 0 Å². The van der Waals surface area contributed by atoms with Crippen LogP contribution in [0.5, 0.6) is 0 Å². The van der Waals surface area contributed by atoms with E-state index in [-0.39, 0.29) is 23.3 Å². The van der Waals surface area contributed by atoms with E-state index in [0.717, 1.165) is 3.57 Å². The van der Waals surface area contributed by atoms with E-state index >= 15 is 0 Å². The van der Waals surface area contributed by atoms with Gasteiger partial charge in [-0.3, -0.25) is 10.1 Å². The molecular formula is C11H13IN2O4. The molecule has 6 nitrogen and oxygen atoms in total. The summed E-state index contributed by atoms with van der Waals surface area (Å²) in [7, 11) is 0. The molecule has 0 saturated carbocycles. The first-order chi connectivity index (χ1) is 8.63. The van der Waals surface area contributed by atoms with Crippen LogP contribution >= 0.6 is 22.6 Å². The molecule has 1 saturated heterocycles. The van der Waals surface area contributed by atoms with Crippen LogP contribution in [0.3, 0.4) is 0 Å².